The van der Waals surface area contributed by atoms with Crippen molar-refractivity contribution in [2.75, 3.05) is 13.7 Å². The Hall–Kier alpha value is -2.66. The maximum atomic E-state index is 14.4. The zero-order valence-corrected chi connectivity index (χ0v) is 20.8. The van der Waals surface area contributed by atoms with E-state index >= 15 is 0 Å². The van der Waals surface area contributed by atoms with Gasteiger partial charge in [-0.05, 0) is 79.5 Å². The van der Waals surface area contributed by atoms with E-state index in [1.54, 1.807) is 12.0 Å². The molecule has 0 radical (unpaired) electrons. The van der Waals surface area contributed by atoms with Crippen LogP contribution in [-0.2, 0) is 34.3 Å². The highest BCUT2D eigenvalue weighted by atomic mass is 16.5. The van der Waals surface area contributed by atoms with Crippen LogP contribution in [0.5, 0.6) is 0 Å². The van der Waals surface area contributed by atoms with E-state index in [0.29, 0.717) is 12.5 Å². The molecule has 0 aromatic heterocycles. The number of aryl methyl sites for hydroxylation is 1. The fourth-order valence-electron chi connectivity index (χ4n) is 6.95. The Morgan fingerprint density at radius 1 is 1.03 bits per heavy atom. The average Bonchev–Trinajstić information content (AvgIpc) is 3.63. The smallest absolute Gasteiger partial charge is 0.262 e. The number of benzene rings is 2. The van der Waals surface area contributed by atoms with Crippen LogP contribution in [0.2, 0.25) is 0 Å². The Kier molecular flexibility index (Phi) is 5.71. The number of methoxy groups -OCH3 is 1. The summed E-state index contributed by atoms with van der Waals surface area (Å²) >= 11 is 0. The first-order valence-electron chi connectivity index (χ1n) is 13.4. The molecule has 2 aromatic rings. The molecule has 2 N–H and O–H groups in total. The summed E-state index contributed by atoms with van der Waals surface area (Å²) in [5.41, 5.74) is 10.4. The van der Waals surface area contributed by atoms with Gasteiger partial charge in [0.25, 0.3) is 5.91 Å². The second-order valence-electron chi connectivity index (χ2n) is 11.2. The minimum Gasteiger partial charge on any atom is -0.381 e. The Balaban J connectivity index is 1.35. The van der Waals surface area contributed by atoms with Crippen molar-refractivity contribution in [3.05, 3.63) is 70.8 Å². The number of aliphatic imine (C=N–C) groups is 1. The van der Waals surface area contributed by atoms with Crippen molar-refractivity contribution in [2.45, 2.75) is 75.9 Å². The molecule has 184 valence electrons. The van der Waals surface area contributed by atoms with Crippen molar-refractivity contribution in [2.24, 2.45) is 22.1 Å². The van der Waals surface area contributed by atoms with Crippen molar-refractivity contribution in [3.63, 3.8) is 0 Å². The van der Waals surface area contributed by atoms with E-state index in [1.807, 2.05) is 18.2 Å². The van der Waals surface area contributed by atoms with E-state index in [0.717, 1.165) is 56.4 Å². The summed E-state index contributed by atoms with van der Waals surface area (Å²) in [5.74, 6) is 1.36. The lowest BCUT2D eigenvalue weighted by Gasteiger charge is -2.45. The van der Waals surface area contributed by atoms with E-state index in [1.165, 1.54) is 36.0 Å². The predicted molar refractivity (Wildman–Crippen MR) is 138 cm³/mol. The van der Waals surface area contributed by atoms with Crippen molar-refractivity contribution in [1.29, 1.82) is 0 Å². The molecule has 4 aliphatic rings. The third-order valence-corrected chi connectivity index (χ3v) is 9.20. The summed E-state index contributed by atoms with van der Waals surface area (Å²) in [4.78, 5) is 21.3. The standard InChI is InChI=1S/C30H37N3O2/c1-35-25-13-16-29(17-14-25)20-24-12-11-23(10-9-22-7-8-22)19-26(24)30(29)27(34)33(28(31)32-30)18-15-21-5-3-2-4-6-21/h2-6,11-12,19,22,25H,7-10,13-18,20H2,1H3,(H2,31,32). The molecule has 2 fully saturated rings. The maximum absolute atomic E-state index is 14.4. The molecule has 1 unspecified atom stereocenters. The van der Waals surface area contributed by atoms with Crippen molar-refractivity contribution in [3.8, 4) is 0 Å². The van der Waals surface area contributed by atoms with Gasteiger partial charge in [-0.2, -0.15) is 0 Å². The number of carbonyl (C=O) groups excluding carboxylic acids is 1. The van der Waals surface area contributed by atoms with Crippen LogP contribution in [-0.4, -0.2) is 36.5 Å². The van der Waals surface area contributed by atoms with Crippen LogP contribution < -0.4 is 5.73 Å². The monoisotopic (exact) mass is 471 g/mol. The van der Waals surface area contributed by atoms with Gasteiger partial charge in [-0.15, -0.1) is 0 Å². The average molecular weight is 472 g/mol. The molecule has 3 aliphatic carbocycles. The molecule has 35 heavy (non-hydrogen) atoms. The molecule has 2 saturated carbocycles. The van der Waals surface area contributed by atoms with E-state index < -0.39 is 5.54 Å². The quantitative estimate of drug-likeness (QED) is 0.633. The molecule has 6 rings (SSSR count). The Labute approximate surface area is 208 Å². The lowest BCUT2D eigenvalue weighted by molar-refractivity contribution is -0.138. The number of amides is 1. The van der Waals surface area contributed by atoms with Gasteiger partial charge >= 0.3 is 0 Å². The van der Waals surface area contributed by atoms with E-state index in [-0.39, 0.29) is 17.4 Å². The van der Waals surface area contributed by atoms with E-state index in [9.17, 15) is 4.79 Å². The molecule has 1 amide bonds. The third-order valence-electron chi connectivity index (χ3n) is 9.20. The third kappa shape index (κ3) is 3.79. The summed E-state index contributed by atoms with van der Waals surface area (Å²) in [6.45, 7) is 0.563. The molecule has 0 bridgehead atoms. The number of rotatable bonds is 7. The number of carbonyl (C=O) groups is 1. The minimum absolute atomic E-state index is 0.0832. The zero-order chi connectivity index (χ0) is 24.0. The number of hydrogen-bond donors (Lipinski definition) is 1. The summed E-state index contributed by atoms with van der Waals surface area (Å²) in [7, 11) is 1.80. The molecule has 1 atom stereocenters. The number of nitrogens with two attached hydrogens (primary N) is 1. The summed E-state index contributed by atoms with van der Waals surface area (Å²) < 4.78 is 5.70. The number of fused-ring (bicyclic) bond motifs is 3. The van der Waals surface area contributed by atoms with Gasteiger partial charge in [0.2, 0.25) is 0 Å². The summed E-state index contributed by atoms with van der Waals surface area (Å²) in [6.07, 6.45) is 10.8. The minimum atomic E-state index is -0.891. The molecule has 2 aromatic carbocycles. The molecule has 0 saturated heterocycles. The second-order valence-corrected chi connectivity index (χ2v) is 11.2. The molecule has 1 aliphatic heterocycles. The van der Waals surface area contributed by atoms with Gasteiger partial charge in [-0.1, -0.05) is 61.4 Å². The van der Waals surface area contributed by atoms with Crippen LogP contribution in [0.15, 0.2) is 53.5 Å². The van der Waals surface area contributed by atoms with Crippen LogP contribution >= 0.6 is 0 Å². The molecular formula is C30H37N3O2. The number of nitrogens with zero attached hydrogens (tertiary/aromatic N) is 2. The fraction of sp³-hybridized carbons (Fsp3) is 0.533. The normalized spacial score (nSPS) is 29.7. The van der Waals surface area contributed by atoms with Crippen LogP contribution in [0, 0.1) is 11.3 Å². The first-order chi connectivity index (χ1) is 17.0. The van der Waals surface area contributed by atoms with Gasteiger partial charge in [0.05, 0.1) is 6.10 Å². The van der Waals surface area contributed by atoms with E-state index in [2.05, 4.69) is 30.3 Å². The van der Waals surface area contributed by atoms with Gasteiger partial charge < -0.3 is 10.5 Å². The largest absolute Gasteiger partial charge is 0.381 e. The van der Waals surface area contributed by atoms with Crippen molar-refractivity contribution in [1.82, 2.24) is 4.90 Å². The van der Waals surface area contributed by atoms with Gasteiger partial charge in [0.15, 0.2) is 11.5 Å². The lowest BCUT2D eigenvalue weighted by atomic mass is 9.61. The van der Waals surface area contributed by atoms with Crippen LogP contribution in [0.3, 0.4) is 0 Å². The van der Waals surface area contributed by atoms with Crippen molar-refractivity contribution < 1.29 is 9.53 Å². The highest BCUT2D eigenvalue weighted by Crippen LogP contribution is 2.62. The predicted octanol–water partition coefficient (Wildman–Crippen LogP) is 4.76. The topological polar surface area (TPSA) is 67.9 Å². The first-order valence-corrected chi connectivity index (χ1v) is 13.4. The molecular weight excluding hydrogens is 434 g/mol. The molecule has 2 spiro atoms. The Morgan fingerprint density at radius 2 is 1.80 bits per heavy atom. The molecule has 5 nitrogen and oxygen atoms in total. The SMILES string of the molecule is COC1CCC2(CC1)Cc1ccc(CCC3CC3)cc1C21N=C(N)N(CCc2ccccc2)C1=O. The molecule has 5 heteroatoms. The zero-order valence-electron chi connectivity index (χ0n) is 20.8. The van der Waals surface area contributed by atoms with Crippen molar-refractivity contribution >= 4 is 11.9 Å². The van der Waals surface area contributed by atoms with Crippen LogP contribution in [0.25, 0.3) is 0 Å². The van der Waals surface area contributed by atoms with Crippen LogP contribution in [0.4, 0.5) is 0 Å². The highest BCUT2D eigenvalue weighted by molar-refractivity contribution is 6.08. The Morgan fingerprint density at radius 3 is 2.51 bits per heavy atom. The van der Waals surface area contributed by atoms with Gasteiger partial charge in [-0.3, -0.25) is 9.69 Å². The number of ether oxygens (including phenoxy) is 1. The first kappa shape index (κ1) is 22.8. The fourth-order valence-corrected chi connectivity index (χ4v) is 6.95. The van der Waals surface area contributed by atoms with Gasteiger partial charge in [0, 0.05) is 19.1 Å². The highest BCUT2D eigenvalue weighted by Gasteiger charge is 2.66. The van der Waals surface area contributed by atoms with Gasteiger partial charge in [-0.25, -0.2) is 4.99 Å². The lowest BCUT2D eigenvalue weighted by Crippen LogP contribution is -2.52. The maximum Gasteiger partial charge on any atom is 0.262 e. The van der Waals surface area contributed by atoms with Gasteiger partial charge in [0.1, 0.15) is 0 Å². The summed E-state index contributed by atoms with van der Waals surface area (Å²) in [5, 5.41) is 0. The molecule has 1 heterocycles. The number of hydrogen-bond acceptors (Lipinski definition) is 4. The second kappa shape index (κ2) is 8.77. The Bertz CT molecular complexity index is 1130. The van der Waals surface area contributed by atoms with E-state index in [4.69, 9.17) is 15.5 Å². The summed E-state index contributed by atoms with van der Waals surface area (Å²) in [6, 6.07) is 17.2. The number of guanidine groups is 1. The van der Waals surface area contributed by atoms with Crippen LogP contribution in [0.1, 0.15) is 67.2 Å².